The number of carboxylic acid groups (broad SMARTS) is 1. The Morgan fingerprint density at radius 2 is 1.80 bits per heavy atom. The first kappa shape index (κ1) is 10.9. The predicted octanol–water partition coefficient (Wildman–Crippen LogP) is -0.420. The molecule has 15 heavy (non-hydrogen) atoms. The molecule has 1 N–H and O–H groups in total. The Labute approximate surface area is 89.0 Å². The molecule has 0 aromatic rings. The van der Waals surface area contributed by atoms with E-state index in [1.165, 1.54) is 0 Å². The Bertz CT molecular complexity index is 350. The minimum absolute atomic E-state index is 0.0676. The molecular weight excluding hydrogens is 218 g/mol. The monoisotopic (exact) mass is 233 g/mol. The molecule has 0 spiro atoms. The highest BCUT2D eigenvalue weighted by Crippen LogP contribution is 2.33. The van der Waals surface area contributed by atoms with Crippen molar-refractivity contribution in [1.82, 2.24) is 4.90 Å². The van der Waals surface area contributed by atoms with Crippen LogP contribution in [0.3, 0.4) is 0 Å². The quantitative estimate of drug-likeness (QED) is 0.701. The molecule has 1 aliphatic carbocycles. The van der Waals surface area contributed by atoms with Gasteiger partial charge in [-0.25, -0.2) is 8.42 Å². The van der Waals surface area contributed by atoms with E-state index in [9.17, 15) is 13.2 Å². The highest BCUT2D eigenvalue weighted by molar-refractivity contribution is 7.91. The van der Waals surface area contributed by atoms with Crippen LogP contribution in [0.2, 0.25) is 0 Å². The summed E-state index contributed by atoms with van der Waals surface area (Å²) in [5, 5.41) is 8.89. The number of carboxylic acids is 1. The van der Waals surface area contributed by atoms with E-state index < -0.39 is 15.8 Å². The molecule has 86 valence electrons. The first-order chi connectivity index (χ1) is 6.99. The number of nitrogens with zero attached hydrogens (tertiary/aromatic N) is 1. The van der Waals surface area contributed by atoms with Crippen molar-refractivity contribution in [3.05, 3.63) is 0 Å². The first-order valence-corrected chi connectivity index (χ1v) is 6.99. The molecule has 2 aliphatic rings. The fourth-order valence-corrected chi connectivity index (χ4v) is 3.50. The third-order valence-electron chi connectivity index (χ3n) is 3.40. The third-order valence-corrected chi connectivity index (χ3v) is 5.01. The number of hydrogen-bond acceptors (Lipinski definition) is 4. The molecule has 2 unspecified atom stereocenters. The van der Waals surface area contributed by atoms with Gasteiger partial charge in [0.05, 0.1) is 17.4 Å². The molecule has 0 bridgehead atoms. The van der Waals surface area contributed by atoms with Gasteiger partial charge < -0.3 is 5.11 Å². The highest BCUT2D eigenvalue weighted by Gasteiger charge is 2.41. The summed E-state index contributed by atoms with van der Waals surface area (Å²) >= 11 is 0. The lowest BCUT2D eigenvalue weighted by Crippen LogP contribution is -2.54. The predicted molar refractivity (Wildman–Crippen MR) is 54.4 cm³/mol. The van der Waals surface area contributed by atoms with E-state index in [2.05, 4.69) is 0 Å². The molecule has 6 heteroatoms. The van der Waals surface area contributed by atoms with E-state index in [0.29, 0.717) is 13.1 Å². The average Bonchev–Trinajstić information content (AvgIpc) is 2.05. The number of hydrogen-bond donors (Lipinski definition) is 1. The highest BCUT2D eigenvalue weighted by atomic mass is 32.2. The summed E-state index contributed by atoms with van der Waals surface area (Å²) in [6.07, 6.45) is 1.61. The second-order valence-corrected chi connectivity index (χ2v) is 6.58. The zero-order chi connectivity index (χ0) is 11.1. The van der Waals surface area contributed by atoms with Crippen molar-refractivity contribution in [2.45, 2.75) is 18.9 Å². The van der Waals surface area contributed by atoms with Crippen molar-refractivity contribution < 1.29 is 18.3 Å². The van der Waals surface area contributed by atoms with Gasteiger partial charge in [0.15, 0.2) is 9.84 Å². The normalized spacial score (nSPS) is 35.7. The van der Waals surface area contributed by atoms with Crippen LogP contribution in [-0.4, -0.2) is 55.0 Å². The Kier molecular flexibility index (Phi) is 2.72. The molecule has 1 saturated carbocycles. The smallest absolute Gasteiger partial charge is 0.308 e. The van der Waals surface area contributed by atoms with Crippen LogP contribution in [0, 0.1) is 5.92 Å². The molecule has 0 amide bonds. The van der Waals surface area contributed by atoms with Crippen molar-refractivity contribution in [3.63, 3.8) is 0 Å². The summed E-state index contributed by atoms with van der Waals surface area (Å²) in [4.78, 5) is 12.8. The SMILES string of the molecule is O=C(O)C1CCC1N1CCS(=O)(=O)CC1. The van der Waals surface area contributed by atoms with Crippen LogP contribution >= 0.6 is 0 Å². The van der Waals surface area contributed by atoms with Gasteiger partial charge in [-0.15, -0.1) is 0 Å². The van der Waals surface area contributed by atoms with Crippen molar-refractivity contribution in [2.75, 3.05) is 24.6 Å². The van der Waals surface area contributed by atoms with Gasteiger partial charge in [-0.3, -0.25) is 9.69 Å². The largest absolute Gasteiger partial charge is 0.481 e. The van der Waals surface area contributed by atoms with Crippen LogP contribution in [0.25, 0.3) is 0 Å². The van der Waals surface area contributed by atoms with Crippen LogP contribution in [-0.2, 0) is 14.6 Å². The van der Waals surface area contributed by atoms with Crippen LogP contribution in [0.1, 0.15) is 12.8 Å². The van der Waals surface area contributed by atoms with Crippen LogP contribution < -0.4 is 0 Å². The second-order valence-electron chi connectivity index (χ2n) is 4.28. The van der Waals surface area contributed by atoms with Gasteiger partial charge >= 0.3 is 5.97 Å². The molecule has 2 fully saturated rings. The van der Waals surface area contributed by atoms with Crippen LogP contribution in [0.5, 0.6) is 0 Å². The van der Waals surface area contributed by atoms with E-state index in [1.807, 2.05) is 4.90 Å². The first-order valence-electron chi connectivity index (χ1n) is 5.17. The topological polar surface area (TPSA) is 74.7 Å². The third kappa shape index (κ3) is 2.15. The number of aliphatic carboxylic acids is 1. The summed E-state index contributed by atoms with van der Waals surface area (Å²) in [7, 11) is -2.86. The lowest BCUT2D eigenvalue weighted by molar-refractivity contribution is -0.148. The average molecular weight is 233 g/mol. The molecule has 0 aromatic carbocycles. The van der Waals surface area contributed by atoms with Crippen molar-refractivity contribution >= 4 is 15.8 Å². The van der Waals surface area contributed by atoms with Crippen molar-refractivity contribution in [1.29, 1.82) is 0 Å². The van der Waals surface area contributed by atoms with Gasteiger partial charge in [0.1, 0.15) is 0 Å². The summed E-state index contributed by atoms with van der Waals surface area (Å²) in [6, 6.07) is 0.0676. The van der Waals surface area contributed by atoms with E-state index in [4.69, 9.17) is 5.11 Å². The zero-order valence-corrected chi connectivity index (χ0v) is 9.24. The molecule has 1 heterocycles. The lowest BCUT2D eigenvalue weighted by Gasteiger charge is -2.43. The number of rotatable bonds is 2. The van der Waals surface area contributed by atoms with E-state index in [-0.39, 0.29) is 23.5 Å². The maximum absolute atomic E-state index is 11.2. The van der Waals surface area contributed by atoms with Gasteiger partial charge in [-0.2, -0.15) is 0 Å². The minimum Gasteiger partial charge on any atom is -0.481 e. The Balaban J connectivity index is 1.94. The molecule has 5 nitrogen and oxygen atoms in total. The van der Waals surface area contributed by atoms with E-state index >= 15 is 0 Å². The van der Waals surface area contributed by atoms with E-state index in [0.717, 1.165) is 12.8 Å². The second kappa shape index (κ2) is 3.75. The molecule has 2 atom stereocenters. The Morgan fingerprint density at radius 3 is 2.20 bits per heavy atom. The summed E-state index contributed by atoms with van der Waals surface area (Å²) in [5.41, 5.74) is 0. The van der Waals surface area contributed by atoms with Crippen molar-refractivity contribution in [3.8, 4) is 0 Å². The zero-order valence-electron chi connectivity index (χ0n) is 8.42. The Hall–Kier alpha value is -0.620. The van der Waals surface area contributed by atoms with Crippen LogP contribution in [0.15, 0.2) is 0 Å². The summed E-state index contributed by atoms with van der Waals surface area (Å²) < 4.78 is 22.4. The van der Waals surface area contributed by atoms with Gasteiger partial charge in [0.25, 0.3) is 0 Å². The lowest BCUT2D eigenvalue weighted by atomic mass is 9.78. The van der Waals surface area contributed by atoms with Crippen LogP contribution in [0.4, 0.5) is 0 Å². The van der Waals surface area contributed by atoms with Gasteiger partial charge in [0.2, 0.25) is 0 Å². The van der Waals surface area contributed by atoms with E-state index in [1.54, 1.807) is 0 Å². The summed E-state index contributed by atoms with van der Waals surface area (Å²) in [5.74, 6) is -0.684. The standard InChI is InChI=1S/C9H15NO4S/c11-9(12)7-1-2-8(7)10-3-5-15(13,14)6-4-10/h7-8H,1-6H2,(H,11,12). The Morgan fingerprint density at radius 1 is 1.20 bits per heavy atom. The van der Waals surface area contributed by atoms with Gasteiger partial charge in [0, 0.05) is 19.1 Å². The molecular formula is C9H15NO4S. The molecule has 1 aliphatic heterocycles. The van der Waals surface area contributed by atoms with Gasteiger partial charge in [-0.1, -0.05) is 0 Å². The molecule has 1 saturated heterocycles. The molecule has 0 aromatic heterocycles. The summed E-state index contributed by atoms with van der Waals surface area (Å²) in [6.45, 7) is 0.994. The fourth-order valence-electron chi connectivity index (χ4n) is 2.27. The maximum Gasteiger partial charge on any atom is 0.308 e. The van der Waals surface area contributed by atoms with Gasteiger partial charge in [-0.05, 0) is 12.8 Å². The molecule has 0 radical (unpaired) electrons. The molecule has 2 rings (SSSR count). The van der Waals surface area contributed by atoms with Crippen molar-refractivity contribution in [2.24, 2.45) is 5.92 Å². The number of sulfone groups is 1. The maximum atomic E-state index is 11.2. The fraction of sp³-hybridized carbons (Fsp3) is 0.889. The minimum atomic E-state index is -2.86. The number of carbonyl (C=O) groups is 1.